The lowest BCUT2D eigenvalue weighted by Crippen LogP contribution is -2.40. The van der Waals surface area contributed by atoms with Crippen molar-refractivity contribution >= 4 is 11.7 Å². The lowest BCUT2D eigenvalue weighted by molar-refractivity contribution is 0.165. The fraction of sp³-hybridized carbons (Fsp3) is 0.533. The van der Waals surface area contributed by atoms with E-state index in [-0.39, 0.29) is 12.1 Å². The number of anilines is 1. The molecule has 2 unspecified atom stereocenters. The minimum absolute atomic E-state index is 0.0311. The van der Waals surface area contributed by atoms with Gasteiger partial charge in [-0.15, -0.1) is 0 Å². The second-order valence-electron chi connectivity index (χ2n) is 4.79. The van der Waals surface area contributed by atoms with Gasteiger partial charge in [0.1, 0.15) is 0 Å². The van der Waals surface area contributed by atoms with Crippen LogP contribution < -0.4 is 16.0 Å². The number of hydrogen-bond donors (Lipinski definition) is 3. The Bertz CT molecular complexity index is 406. The standard InChI is InChI=1S/C15H25N3O2/c1-5-13(10-20-4)17-15(19)18-14-8-6-12(7-9-14)11(2)16-3/h6-9,11,13,16H,5,10H2,1-4H3,(H2,17,18,19). The van der Waals surface area contributed by atoms with Crippen molar-refractivity contribution in [1.29, 1.82) is 0 Å². The van der Waals surface area contributed by atoms with E-state index in [1.807, 2.05) is 38.2 Å². The summed E-state index contributed by atoms with van der Waals surface area (Å²) in [6.45, 7) is 4.62. The van der Waals surface area contributed by atoms with Gasteiger partial charge < -0.3 is 20.7 Å². The predicted molar refractivity (Wildman–Crippen MR) is 82.0 cm³/mol. The highest BCUT2D eigenvalue weighted by Gasteiger charge is 2.10. The van der Waals surface area contributed by atoms with Gasteiger partial charge in [0.05, 0.1) is 12.6 Å². The maximum absolute atomic E-state index is 11.8. The highest BCUT2D eigenvalue weighted by atomic mass is 16.5. The molecule has 0 aliphatic rings. The van der Waals surface area contributed by atoms with Crippen LogP contribution in [0.5, 0.6) is 0 Å². The summed E-state index contributed by atoms with van der Waals surface area (Å²) in [4.78, 5) is 11.8. The number of amides is 2. The molecule has 3 N–H and O–H groups in total. The fourth-order valence-electron chi connectivity index (χ4n) is 1.84. The average molecular weight is 279 g/mol. The van der Waals surface area contributed by atoms with Gasteiger partial charge >= 0.3 is 6.03 Å². The van der Waals surface area contributed by atoms with Gasteiger partial charge in [0.15, 0.2) is 0 Å². The summed E-state index contributed by atoms with van der Waals surface area (Å²) >= 11 is 0. The first-order valence-electron chi connectivity index (χ1n) is 6.94. The van der Waals surface area contributed by atoms with Gasteiger partial charge in [-0.05, 0) is 38.1 Å². The van der Waals surface area contributed by atoms with Crippen molar-refractivity contribution < 1.29 is 9.53 Å². The second-order valence-corrected chi connectivity index (χ2v) is 4.79. The van der Waals surface area contributed by atoms with Crippen LogP contribution in [0.4, 0.5) is 10.5 Å². The molecule has 0 spiro atoms. The van der Waals surface area contributed by atoms with E-state index >= 15 is 0 Å². The van der Waals surface area contributed by atoms with Crippen molar-refractivity contribution in [2.45, 2.75) is 32.4 Å². The number of carbonyl (C=O) groups is 1. The number of carbonyl (C=O) groups excluding carboxylic acids is 1. The lowest BCUT2D eigenvalue weighted by Gasteiger charge is -2.17. The molecule has 1 aromatic carbocycles. The number of methoxy groups -OCH3 is 1. The Balaban J connectivity index is 2.53. The van der Waals surface area contributed by atoms with Crippen molar-refractivity contribution in [1.82, 2.24) is 10.6 Å². The smallest absolute Gasteiger partial charge is 0.319 e. The molecule has 0 heterocycles. The first-order chi connectivity index (χ1) is 9.60. The van der Waals surface area contributed by atoms with E-state index in [9.17, 15) is 4.79 Å². The summed E-state index contributed by atoms with van der Waals surface area (Å²) in [6.07, 6.45) is 0.833. The fourth-order valence-corrected chi connectivity index (χ4v) is 1.84. The van der Waals surface area contributed by atoms with Crippen LogP contribution in [-0.2, 0) is 4.74 Å². The molecule has 0 aliphatic heterocycles. The minimum Gasteiger partial charge on any atom is -0.383 e. The molecular formula is C15H25N3O2. The molecule has 0 bridgehead atoms. The molecule has 5 heteroatoms. The Labute approximate surface area is 121 Å². The molecule has 2 atom stereocenters. The van der Waals surface area contributed by atoms with Crippen LogP contribution >= 0.6 is 0 Å². The molecule has 112 valence electrons. The van der Waals surface area contributed by atoms with E-state index in [1.165, 1.54) is 5.56 Å². The second kappa shape index (κ2) is 8.55. The zero-order valence-electron chi connectivity index (χ0n) is 12.7. The molecule has 1 aromatic rings. The molecule has 0 saturated heterocycles. The highest BCUT2D eigenvalue weighted by Crippen LogP contribution is 2.15. The van der Waals surface area contributed by atoms with E-state index in [0.29, 0.717) is 12.6 Å². The van der Waals surface area contributed by atoms with Crippen LogP contribution in [0.1, 0.15) is 31.9 Å². The third-order valence-corrected chi connectivity index (χ3v) is 3.30. The van der Waals surface area contributed by atoms with E-state index in [1.54, 1.807) is 7.11 Å². The summed E-state index contributed by atoms with van der Waals surface area (Å²) in [5.74, 6) is 0. The number of hydrogen-bond acceptors (Lipinski definition) is 3. The Morgan fingerprint density at radius 2 is 1.95 bits per heavy atom. The number of urea groups is 1. The summed E-state index contributed by atoms with van der Waals surface area (Å²) in [5, 5.41) is 8.88. The van der Waals surface area contributed by atoms with Crippen molar-refractivity contribution in [3.63, 3.8) is 0 Å². The molecule has 1 rings (SSSR count). The first kappa shape index (κ1) is 16.5. The Morgan fingerprint density at radius 3 is 2.45 bits per heavy atom. The zero-order chi connectivity index (χ0) is 15.0. The molecule has 2 amide bonds. The number of nitrogens with one attached hydrogen (secondary N) is 3. The summed E-state index contributed by atoms with van der Waals surface area (Å²) in [5.41, 5.74) is 1.96. The van der Waals surface area contributed by atoms with Crippen LogP contribution in [0.3, 0.4) is 0 Å². The maximum Gasteiger partial charge on any atom is 0.319 e. The Morgan fingerprint density at radius 1 is 1.30 bits per heavy atom. The summed E-state index contributed by atoms with van der Waals surface area (Å²) in [6, 6.07) is 7.93. The SMILES string of the molecule is CCC(COC)NC(=O)Nc1ccc(C(C)NC)cc1. The monoisotopic (exact) mass is 279 g/mol. The van der Waals surface area contributed by atoms with E-state index in [2.05, 4.69) is 22.9 Å². The minimum atomic E-state index is -0.205. The first-order valence-corrected chi connectivity index (χ1v) is 6.94. The van der Waals surface area contributed by atoms with Gasteiger partial charge in [-0.3, -0.25) is 0 Å². The summed E-state index contributed by atoms with van der Waals surface area (Å²) < 4.78 is 5.05. The molecule has 0 radical (unpaired) electrons. The van der Waals surface area contributed by atoms with Crippen molar-refractivity contribution in [3.8, 4) is 0 Å². The molecule has 0 fully saturated rings. The van der Waals surface area contributed by atoms with Crippen LogP contribution in [0.15, 0.2) is 24.3 Å². The quantitative estimate of drug-likeness (QED) is 0.718. The van der Waals surface area contributed by atoms with Gasteiger partial charge in [-0.25, -0.2) is 4.79 Å². The number of benzene rings is 1. The van der Waals surface area contributed by atoms with Crippen molar-refractivity contribution in [3.05, 3.63) is 29.8 Å². The van der Waals surface area contributed by atoms with E-state index in [0.717, 1.165) is 12.1 Å². The molecule has 0 aromatic heterocycles. The molecule has 20 heavy (non-hydrogen) atoms. The van der Waals surface area contributed by atoms with Gasteiger partial charge in [0.2, 0.25) is 0 Å². The lowest BCUT2D eigenvalue weighted by atomic mass is 10.1. The van der Waals surface area contributed by atoms with E-state index in [4.69, 9.17) is 4.74 Å². The van der Waals surface area contributed by atoms with Gasteiger partial charge in [-0.1, -0.05) is 19.1 Å². The van der Waals surface area contributed by atoms with Crippen molar-refractivity contribution in [2.75, 3.05) is 26.1 Å². The molecule has 5 nitrogen and oxygen atoms in total. The van der Waals surface area contributed by atoms with Crippen LogP contribution in [0, 0.1) is 0 Å². The van der Waals surface area contributed by atoms with Gasteiger partial charge in [-0.2, -0.15) is 0 Å². The molecular weight excluding hydrogens is 254 g/mol. The Hall–Kier alpha value is -1.59. The zero-order valence-corrected chi connectivity index (χ0v) is 12.7. The number of ether oxygens (including phenoxy) is 1. The Kier molecular flexibility index (Phi) is 7.04. The third kappa shape index (κ3) is 5.19. The maximum atomic E-state index is 11.8. The van der Waals surface area contributed by atoms with Crippen LogP contribution in [0.25, 0.3) is 0 Å². The highest BCUT2D eigenvalue weighted by molar-refractivity contribution is 5.89. The number of rotatable bonds is 7. The largest absolute Gasteiger partial charge is 0.383 e. The molecule has 0 aliphatic carbocycles. The van der Waals surface area contributed by atoms with Crippen molar-refractivity contribution in [2.24, 2.45) is 0 Å². The van der Waals surface area contributed by atoms with E-state index < -0.39 is 0 Å². The predicted octanol–water partition coefficient (Wildman–Crippen LogP) is 2.51. The third-order valence-electron chi connectivity index (χ3n) is 3.30. The normalized spacial score (nSPS) is 13.6. The topological polar surface area (TPSA) is 62.4 Å². The summed E-state index contributed by atoms with van der Waals surface area (Å²) in [7, 11) is 3.55. The van der Waals surface area contributed by atoms with Gasteiger partial charge in [0, 0.05) is 18.8 Å². The van der Waals surface area contributed by atoms with Crippen LogP contribution in [-0.4, -0.2) is 32.8 Å². The van der Waals surface area contributed by atoms with Gasteiger partial charge in [0.25, 0.3) is 0 Å². The van der Waals surface area contributed by atoms with Crippen LogP contribution in [0.2, 0.25) is 0 Å². The molecule has 0 saturated carbocycles. The average Bonchev–Trinajstić information content (AvgIpc) is 2.46.